The van der Waals surface area contributed by atoms with Crippen LogP contribution in [0, 0.1) is 0 Å². The van der Waals surface area contributed by atoms with Gasteiger partial charge in [-0.1, -0.05) is 12.1 Å². The Morgan fingerprint density at radius 3 is 2.36 bits per heavy atom. The molecule has 0 aliphatic rings. The summed E-state index contributed by atoms with van der Waals surface area (Å²) in [7, 11) is 6.58. The number of nitrogens with two attached hydrogens (primary N) is 1. The van der Waals surface area contributed by atoms with Gasteiger partial charge in [-0.25, -0.2) is 0 Å². The largest absolute Gasteiger partial charge is 0.494 e. The van der Waals surface area contributed by atoms with E-state index in [0.717, 1.165) is 41.8 Å². The van der Waals surface area contributed by atoms with Gasteiger partial charge in [-0.05, 0) is 37.5 Å². The van der Waals surface area contributed by atoms with Crippen molar-refractivity contribution in [3.05, 3.63) is 29.8 Å². The lowest BCUT2D eigenvalue weighted by molar-refractivity contribution is -0.870. The Hall–Kier alpha value is -1.59. The molecule has 0 saturated heterocycles. The van der Waals surface area contributed by atoms with E-state index in [1.54, 1.807) is 6.92 Å². The van der Waals surface area contributed by atoms with Crippen molar-refractivity contribution in [3.63, 3.8) is 0 Å². The number of unbranched alkanes of at least 4 members (excludes halogenated alkanes) is 1. The number of carbonyl (C=O) groups is 1. The Kier molecular flexibility index (Phi) is 7.35. The van der Waals surface area contributed by atoms with Gasteiger partial charge in [0.05, 0.1) is 34.3 Å². The minimum Gasteiger partial charge on any atom is -0.494 e. The number of esters is 1. The monoisotopic (exact) mass is 309 g/mol. The maximum Gasteiger partial charge on any atom is 0.322 e. The number of nitrogens with zero attached hydrogens (tertiary/aromatic N) is 1. The van der Waals surface area contributed by atoms with Gasteiger partial charge in [0.2, 0.25) is 0 Å². The molecule has 2 N–H and O–H groups in total. The lowest BCUT2D eigenvalue weighted by Crippen LogP contribution is -2.35. The molecule has 1 unspecified atom stereocenters. The third-order valence-electron chi connectivity index (χ3n) is 3.17. The second kappa shape index (κ2) is 8.76. The average Bonchev–Trinajstić information content (AvgIpc) is 2.44. The van der Waals surface area contributed by atoms with Crippen molar-refractivity contribution in [2.75, 3.05) is 34.3 Å². The minimum atomic E-state index is -0.589. The molecule has 0 radical (unpaired) electrons. The molecule has 0 saturated carbocycles. The van der Waals surface area contributed by atoms with E-state index in [0.29, 0.717) is 0 Å². The molecule has 0 bridgehead atoms. The first-order chi connectivity index (χ1) is 10.3. The number of hydrogen-bond donors (Lipinski definition) is 1. The number of hydrogen-bond acceptors (Lipinski definition) is 4. The summed E-state index contributed by atoms with van der Waals surface area (Å²) in [4.78, 5) is 11.3. The molecule has 0 aliphatic carbocycles. The topological polar surface area (TPSA) is 61.6 Å². The van der Waals surface area contributed by atoms with Crippen LogP contribution in [0.3, 0.4) is 0 Å². The summed E-state index contributed by atoms with van der Waals surface area (Å²) < 4.78 is 11.8. The van der Waals surface area contributed by atoms with Crippen LogP contribution in [0.1, 0.15) is 25.3 Å². The highest BCUT2D eigenvalue weighted by molar-refractivity contribution is 5.74. The van der Waals surface area contributed by atoms with Crippen molar-refractivity contribution >= 4 is 5.97 Å². The summed E-state index contributed by atoms with van der Waals surface area (Å²) in [5, 5.41) is 0. The van der Waals surface area contributed by atoms with Crippen LogP contribution in [0.5, 0.6) is 5.75 Å². The highest BCUT2D eigenvalue weighted by atomic mass is 16.5. The van der Waals surface area contributed by atoms with E-state index in [9.17, 15) is 4.79 Å². The first-order valence-electron chi connectivity index (χ1n) is 7.72. The molecule has 124 valence electrons. The summed E-state index contributed by atoms with van der Waals surface area (Å²) in [5.41, 5.74) is 6.36. The van der Waals surface area contributed by atoms with Crippen LogP contribution in [-0.4, -0.2) is 50.8 Å². The van der Waals surface area contributed by atoms with Gasteiger partial charge in [-0.3, -0.25) is 4.79 Å². The lowest BCUT2D eigenvalue weighted by atomic mass is 10.2. The molecular weight excluding hydrogens is 280 g/mol. The van der Waals surface area contributed by atoms with Crippen LogP contribution in [0.25, 0.3) is 0 Å². The van der Waals surface area contributed by atoms with Crippen LogP contribution < -0.4 is 10.5 Å². The number of quaternary nitrogens is 1. The molecular formula is C17H29N2O3+. The zero-order chi connectivity index (χ0) is 16.6. The van der Waals surface area contributed by atoms with Crippen LogP contribution in [0.2, 0.25) is 0 Å². The lowest BCUT2D eigenvalue weighted by Gasteiger charge is -2.23. The zero-order valence-electron chi connectivity index (χ0n) is 14.2. The predicted molar refractivity (Wildman–Crippen MR) is 87.5 cm³/mol. The van der Waals surface area contributed by atoms with Gasteiger partial charge in [0.1, 0.15) is 18.4 Å². The fourth-order valence-electron chi connectivity index (χ4n) is 1.85. The SMILES string of the molecule is CC(N)C(=O)OCc1ccc(OCCCC[N+](C)(C)C)cc1. The third-order valence-corrected chi connectivity index (χ3v) is 3.17. The predicted octanol–water partition coefficient (Wildman–Crippen LogP) is 1.94. The summed E-state index contributed by atoms with van der Waals surface area (Å²) in [6.45, 7) is 3.72. The van der Waals surface area contributed by atoms with Crippen LogP contribution in [0.4, 0.5) is 0 Å². The van der Waals surface area contributed by atoms with Gasteiger partial charge in [0, 0.05) is 0 Å². The van der Waals surface area contributed by atoms with Crippen molar-refractivity contribution in [3.8, 4) is 5.75 Å². The molecule has 0 heterocycles. The second-order valence-electron chi connectivity index (χ2n) is 6.61. The molecule has 1 aromatic rings. The molecule has 0 aromatic heterocycles. The van der Waals surface area contributed by atoms with Gasteiger partial charge in [0.15, 0.2) is 0 Å². The first kappa shape index (κ1) is 18.5. The van der Waals surface area contributed by atoms with Crippen molar-refractivity contribution in [1.29, 1.82) is 0 Å². The fourth-order valence-corrected chi connectivity index (χ4v) is 1.85. The molecule has 0 aliphatic heterocycles. The Balaban J connectivity index is 2.26. The second-order valence-corrected chi connectivity index (χ2v) is 6.61. The van der Waals surface area contributed by atoms with E-state index in [4.69, 9.17) is 15.2 Å². The normalized spacial score (nSPS) is 12.8. The number of carbonyl (C=O) groups excluding carboxylic acids is 1. The van der Waals surface area contributed by atoms with Crippen molar-refractivity contribution in [1.82, 2.24) is 0 Å². The molecule has 5 nitrogen and oxygen atoms in total. The Morgan fingerprint density at radius 2 is 1.82 bits per heavy atom. The van der Waals surface area contributed by atoms with E-state index >= 15 is 0 Å². The molecule has 5 heteroatoms. The van der Waals surface area contributed by atoms with Gasteiger partial charge in [0.25, 0.3) is 0 Å². The van der Waals surface area contributed by atoms with Gasteiger partial charge in [-0.15, -0.1) is 0 Å². The summed E-state index contributed by atoms with van der Waals surface area (Å²) in [5.74, 6) is 0.449. The molecule has 0 spiro atoms. The highest BCUT2D eigenvalue weighted by Gasteiger charge is 2.08. The van der Waals surface area contributed by atoms with Gasteiger partial charge in [-0.2, -0.15) is 0 Å². The smallest absolute Gasteiger partial charge is 0.322 e. The molecule has 22 heavy (non-hydrogen) atoms. The summed E-state index contributed by atoms with van der Waals surface area (Å²) in [6, 6.07) is 7.00. The Bertz CT molecular complexity index is 450. The third kappa shape index (κ3) is 8.00. The number of benzene rings is 1. The van der Waals surface area contributed by atoms with Crippen LogP contribution in [-0.2, 0) is 16.1 Å². The molecule has 0 amide bonds. The quantitative estimate of drug-likeness (QED) is 0.430. The van der Waals surface area contributed by atoms with Gasteiger partial charge >= 0.3 is 5.97 Å². The molecule has 1 atom stereocenters. The molecule has 1 aromatic carbocycles. The number of ether oxygens (including phenoxy) is 2. The zero-order valence-corrected chi connectivity index (χ0v) is 14.2. The number of rotatable bonds is 9. The Morgan fingerprint density at radius 1 is 1.18 bits per heavy atom. The average molecular weight is 309 g/mol. The van der Waals surface area contributed by atoms with E-state index in [1.807, 2.05) is 24.3 Å². The fraction of sp³-hybridized carbons (Fsp3) is 0.588. The van der Waals surface area contributed by atoms with E-state index in [2.05, 4.69) is 21.1 Å². The maximum absolute atomic E-state index is 11.3. The van der Waals surface area contributed by atoms with Crippen molar-refractivity contribution in [2.24, 2.45) is 5.73 Å². The van der Waals surface area contributed by atoms with Crippen molar-refractivity contribution in [2.45, 2.75) is 32.4 Å². The Labute approximate surface area is 133 Å². The van der Waals surface area contributed by atoms with E-state index in [-0.39, 0.29) is 6.61 Å². The molecule has 1 rings (SSSR count). The first-order valence-corrected chi connectivity index (χ1v) is 7.72. The summed E-state index contributed by atoms with van der Waals surface area (Å²) >= 11 is 0. The standard InChI is InChI=1S/C17H29N2O3/c1-14(18)17(20)22-13-15-7-9-16(10-8-15)21-12-6-5-11-19(2,3)4/h7-10,14H,5-6,11-13,18H2,1-4H3/q+1. The van der Waals surface area contributed by atoms with Gasteiger partial charge < -0.3 is 19.7 Å². The van der Waals surface area contributed by atoms with E-state index in [1.165, 1.54) is 0 Å². The molecule has 0 fully saturated rings. The highest BCUT2D eigenvalue weighted by Crippen LogP contribution is 2.13. The minimum absolute atomic E-state index is 0.240. The van der Waals surface area contributed by atoms with Crippen molar-refractivity contribution < 1.29 is 18.8 Å². The van der Waals surface area contributed by atoms with Crippen LogP contribution >= 0.6 is 0 Å². The summed E-state index contributed by atoms with van der Waals surface area (Å²) in [6.07, 6.45) is 2.19. The maximum atomic E-state index is 11.3. The van der Waals surface area contributed by atoms with Crippen LogP contribution in [0.15, 0.2) is 24.3 Å². The van der Waals surface area contributed by atoms with E-state index < -0.39 is 12.0 Å².